The first-order valence-electron chi connectivity index (χ1n) is 7.59. The largest absolute Gasteiger partial charge is 0.353 e. The highest BCUT2D eigenvalue weighted by Gasteiger charge is 2.27. The number of piperidine rings is 1. The number of fused-ring (bicyclic) bond motifs is 1. The van der Waals surface area contributed by atoms with Gasteiger partial charge in [0.1, 0.15) is 17.2 Å². The normalized spacial score (nSPS) is 21.9. The van der Waals surface area contributed by atoms with Gasteiger partial charge in [-0.2, -0.15) is 0 Å². The maximum atomic E-state index is 14.6. The zero-order chi connectivity index (χ0) is 16.7. The highest BCUT2D eigenvalue weighted by atomic mass is 79.9. The predicted molar refractivity (Wildman–Crippen MR) is 97.0 cm³/mol. The maximum Gasteiger partial charge on any atom is 0.165 e. The minimum Gasteiger partial charge on any atom is -0.353 e. The quantitative estimate of drug-likeness (QED) is 0.471. The van der Waals surface area contributed by atoms with E-state index in [1.54, 1.807) is 6.07 Å². The van der Waals surface area contributed by atoms with E-state index in [2.05, 4.69) is 44.6 Å². The van der Waals surface area contributed by atoms with Gasteiger partial charge < -0.3 is 4.90 Å². The second-order valence-corrected chi connectivity index (χ2v) is 7.63. The molecule has 1 aromatic heterocycles. The summed E-state index contributed by atoms with van der Waals surface area (Å²) in [5.41, 5.74) is 0.257. The summed E-state index contributed by atoms with van der Waals surface area (Å²) in [6.07, 6.45) is 2.26. The molecule has 2 atom stereocenters. The van der Waals surface area contributed by atoms with E-state index in [1.807, 2.05) is 0 Å². The van der Waals surface area contributed by atoms with E-state index in [0.29, 0.717) is 28.2 Å². The van der Waals surface area contributed by atoms with Gasteiger partial charge in [-0.05, 0) is 47.7 Å². The van der Waals surface area contributed by atoms with Crippen LogP contribution in [0.15, 0.2) is 10.5 Å². The summed E-state index contributed by atoms with van der Waals surface area (Å²) < 4.78 is 14.8. The summed E-state index contributed by atoms with van der Waals surface area (Å²) in [5, 5.41) is 0.946. The van der Waals surface area contributed by atoms with E-state index in [-0.39, 0.29) is 15.9 Å². The van der Waals surface area contributed by atoms with Crippen molar-refractivity contribution >= 4 is 55.9 Å². The van der Waals surface area contributed by atoms with Crippen molar-refractivity contribution in [2.75, 3.05) is 11.4 Å². The van der Waals surface area contributed by atoms with Gasteiger partial charge in [-0.3, -0.25) is 0 Å². The van der Waals surface area contributed by atoms with E-state index in [9.17, 15) is 4.39 Å². The molecule has 1 aliphatic rings. The Kier molecular flexibility index (Phi) is 5.00. The molecular weight excluding hydrogens is 404 g/mol. The van der Waals surface area contributed by atoms with Gasteiger partial charge in [-0.15, -0.1) is 11.6 Å². The van der Waals surface area contributed by atoms with Crippen LogP contribution in [0.3, 0.4) is 0 Å². The molecule has 1 aromatic carbocycles. The lowest BCUT2D eigenvalue weighted by atomic mass is 9.95. The van der Waals surface area contributed by atoms with Crippen LogP contribution >= 0.6 is 39.1 Å². The fourth-order valence-corrected chi connectivity index (χ4v) is 3.68. The van der Waals surface area contributed by atoms with Gasteiger partial charge in [0.25, 0.3) is 0 Å². The summed E-state index contributed by atoms with van der Waals surface area (Å²) in [6.45, 7) is 5.26. The number of aromatic nitrogens is 2. The van der Waals surface area contributed by atoms with Crippen LogP contribution in [-0.2, 0) is 5.88 Å². The van der Waals surface area contributed by atoms with Gasteiger partial charge in [0.15, 0.2) is 5.82 Å². The molecule has 0 aliphatic carbocycles. The van der Waals surface area contributed by atoms with Crippen molar-refractivity contribution in [3.05, 3.63) is 27.2 Å². The highest BCUT2D eigenvalue weighted by Crippen LogP contribution is 2.37. The van der Waals surface area contributed by atoms with Crippen LogP contribution in [0, 0.1) is 11.7 Å². The molecule has 0 amide bonds. The number of rotatable bonds is 2. The SMILES string of the molecule is C[C@H]1CC[C@H](C)N(c2nc(CCl)nc3c(F)c(Br)c(Cl)cc23)C1. The Hall–Kier alpha value is -0.650. The minimum atomic E-state index is -0.472. The fourth-order valence-electron chi connectivity index (χ4n) is 3.06. The zero-order valence-electron chi connectivity index (χ0n) is 12.9. The Morgan fingerprint density at radius 2 is 2.09 bits per heavy atom. The molecule has 1 aliphatic heterocycles. The van der Waals surface area contributed by atoms with Gasteiger partial charge >= 0.3 is 0 Å². The number of halogens is 4. The lowest BCUT2D eigenvalue weighted by Crippen LogP contribution is -2.41. The highest BCUT2D eigenvalue weighted by molar-refractivity contribution is 9.10. The lowest BCUT2D eigenvalue weighted by molar-refractivity contribution is 0.388. The summed E-state index contributed by atoms with van der Waals surface area (Å²) >= 11 is 15.3. The topological polar surface area (TPSA) is 29.0 Å². The molecule has 0 N–H and O–H groups in total. The summed E-state index contributed by atoms with van der Waals surface area (Å²) in [7, 11) is 0. The van der Waals surface area contributed by atoms with Crippen LogP contribution in [0.4, 0.5) is 10.2 Å². The first kappa shape index (κ1) is 17.2. The van der Waals surface area contributed by atoms with Crippen LogP contribution in [0.1, 0.15) is 32.5 Å². The first-order chi connectivity index (χ1) is 10.9. The lowest BCUT2D eigenvalue weighted by Gasteiger charge is -2.38. The van der Waals surface area contributed by atoms with Crippen LogP contribution in [0.5, 0.6) is 0 Å². The molecule has 1 saturated heterocycles. The van der Waals surface area contributed by atoms with E-state index in [4.69, 9.17) is 23.2 Å². The van der Waals surface area contributed by atoms with Gasteiger partial charge in [-0.1, -0.05) is 18.5 Å². The molecule has 3 rings (SSSR count). The van der Waals surface area contributed by atoms with Crippen LogP contribution < -0.4 is 4.90 Å². The molecule has 2 aromatic rings. The number of anilines is 1. The molecule has 2 heterocycles. The van der Waals surface area contributed by atoms with Crippen LogP contribution in [0.2, 0.25) is 5.02 Å². The standard InChI is InChI=1S/C16H17BrCl2FN3/c1-8-3-4-9(2)23(7-8)16-10-5-11(19)13(17)14(20)15(10)21-12(6-18)22-16/h5,8-9H,3-4,6-7H2,1-2H3/t8-,9-/m0/s1. The molecule has 0 radical (unpaired) electrons. The number of benzene rings is 1. The molecular formula is C16H17BrCl2FN3. The smallest absolute Gasteiger partial charge is 0.165 e. The Morgan fingerprint density at radius 1 is 1.35 bits per heavy atom. The van der Waals surface area contributed by atoms with Crippen molar-refractivity contribution in [1.29, 1.82) is 0 Å². The monoisotopic (exact) mass is 419 g/mol. The Bertz CT molecular complexity index is 756. The van der Waals surface area contributed by atoms with Gasteiger partial charge in [-0.25, -0.2) is 14.4 Å². The van der Waals surface area contributed by atoms with Gasteiger partial charge in [0.05, 0.1) is 15.4 Å². The van der Waals surface area contributed by atoms with E-state index in [0.717, 1.165) is 18.8 Å². The Morgan fingerprint density at radius 3 is 2.78 bits per heavy atom. The summed E-state index contributed by atoms with van der Waals surface area (Å²) in [6, 6.07) is 2.06. The Labute approximate surface area is 153 Å². The third-order valence-electron chi connectivity index (χ3n) is 4.36. The molecule has 1 fully saturated rings. The average molecular weight is 421 g/mol. The number of alkyl halides is 1. The van der Waals surface area contributed by atoms with E-state index < -0.39 is 5.82 Å². The molecule has 7 heteroatoms. The number of hydrogen-bond acceptors (Lipinski definition) is 3. The van der Waals surface area contributed by atoms with Gasteiger partial charge in [0.2, 0.25) is 0 Å². The summed E-state index contributed by atoms with van der Waals surface area (Å²) in [5.74, 6) is 1.37. The minimum absolute atomic E-state index is 0.139. The van der Waals surface area contributed by atoms with E-state index in [1.165, 1.54) is 6.42 Å². The van der Waals surface area contributed by atoms with Crippen molar-refractivity contribution in [2.45, 2.75) is 38.6 Å². The maximum absolute atomic E-state index is 14.6. The van der Waals surface area contributed by atoms with Gasteiger partial charge in [0, 0.05) is 18.0 Å². The summed E-state index contributed by atoms with van der Waals surface area (Å²) in [4.78, 5) is 11.1. The number of nitrogens with zero attached hydrogens (tertiary/aromatic N) is 3. The predicted octanol–water partition coefficient (Wildman–Crippen LogP) is 5.55. The third kappa shape index (κ3) is 3.15. The second kappa shape index (κ2) is 6.69. The van der Waals surface area contributed by atoms with Crippen LogP contribution in [0.25, 0.3) is 10.9 Å². The molecule has 0 bridgehead atoms. The molecule has 0 saturated carbocycles. The number of hydrogen-bond donors (Lipinski definition) is 0. The first-order valence-corrected chi connectivity index (χ1v) is 9.29. The van der Waals surface area contributed by atoms with Crippen molar-refractivity contribution < 1.29 is 4.39 Å². The van der Waals surface area contributed by atoms with Crippen molar-refractivity contribution in [2.24, 2.45) is 5.92 Å². The average Bonchev–Trinajstić information content (AvgIpc) is 2.54. The molecule has 3 nitrogen and oxygen atoms in total. The zero-order valence-corrected chi connectivity index (χ0v) is 16.0. The van der Waals surface area contributed by atoms with Crippen molar-refractivity contribution in [1.82, 2.24) is 9.97 Å². The molecule has 0 spiro atoms. The van der Waals surface area contributed by atoms with Crippen LogP contribution in [-0.4, -0.2) is 22.6 Å². The Balaban J connectivity index is 2.26. The third-order valence-corrected chi connectivity index (χ3v) is 5.90. The molecule has 124 valence electrons. The van der Waals surface area contributed by atoms with E-state index >= 15 is 0 Å². The fraction of sp³-hybridized carbons (Fsp3) is 0.500. The second-order valence-electron chi connectivity index (χ2n) is 6.16. The molecule has 23 heavy (non-hydrogen) atoms. The van der Waals surface area contributed by atoms with Crippen molar-refractivity contribution in [3.63, 3.8) is 0 Å². The molecule has 0 unspecified atom stereocenters. The van der Waals surface area contributed by atoms with Crippen molar-refractivity contribution in [3.8, 4) is 0 Å².